The number of aromatic nitrogens is 4. The van der Waals surface area contributed by atoms with Crippen molar-refractivity contribution in [3.63, 3.8) is 0 Å². The fourth-order valence-electron chi connectivity index (χ4n) is 3.88. The Bertz CT molecular complexity index is 929. The molecule has 2 fully saturated rings. The Labute approximate surface area is 171 Å². The van der Waals surface area contributed by atoms with Crippen molar-refractivity contribution >= 4 is 40.4 Å². The van der Waals surface area contributed by atoms with Crippen molar-refractivity contribution in [3.8, 4) is 0 Å². The number of nitrogens with one attached hydrogen (secondary N) is 1. The van der Waals surface area contributed by atoms with Crippen LogP contribution in [0.4, 0.5) is 5.82 Å². The highest BCUT2D eigenvalue weighted by Crippen LogP contribution is 2.33. The molecule has 1 aliphatic carbocycles. The molecule has 1 saturated carbocycles. The standard InChI is InChI=1S/C18H22ClN5O5/c1-9(25)28-13-8-27-17(14(13)29-10(2)26)24-16-12(7-20-24)15(22-18(19)23-16)21-11-5-3-4-6-11/h7,11,13-14,17H,3-6,8H2,1-2H3,(H,21,22,23). The van der Waals surface area contributed by atoms with Crippen molar-refractivity contribution in [2.75, 3.05) is 11.9 Å². The van der Waals surface area contributed by atoms with Gasteiger partial charge in [-0.05, 0) is 24.4 Å². The summed E-state index contributed by atoms with van der Waals surface area (Å²) in [6.07, 6.45) is 3.70. The molecule has 0 amide bonds. The number of rotatable bonds is 5. The molecule has 29 heavy (non-hydrogen) atoms. The van der Waals surface area contributed by atoms with Gasteiger partial charge in [0.25, 0.3) is 0 Å². The molecule has 2 aromatic heterocycles. The van der Waals surface area contributed by atoms with Gasteiger partial charge in [0, 0.05) is 19.9 Å². The fourth-order valence-corrected chi connectivity index (χ4v) is 4.04. The summed E-state index contributed by atoms with van der Waals surface area (Å²) in [5.74, 6) is -0.401. The van der Waals surface area contributed by atoms with Gasteiger partial charge in [-0.1, -0.05) is 12.8 Å². The third-order valence-corrected chi connectivity index (χ3v) is 5.23. The molecule has 3 heterocycles. The lowest BCUT2D eigenvalue weighted by Gasteiger charge is -2.22. The molecular weight excluding hydrogens is 402 g/mol. The number of esters is 2. The predicted molar refractivity (Wildman–Crippen MR) is 102 cm³/mol. The Morgan fingerprint density at radius 1 is 1.21 bits per heavy atom. The molecule has 156 valence electrons. The number of fused-ring (bicyclic) bond motifs is 1. The lowest BCUT2D eigenvalue weighted by Crippen LogP contribution is -2.36. The lowest BCUT2D eigenvalue weighted by atomic mass is 10.2. The van der Waals surface area contributed by atoms with E-state index in [-0.39, 0.29) is 11.9 Å². The van der Waals surface area contributed by atoms with Gasteiger partial charge in [-0.15, -0.1) is 0 Å². The van der Waals surface area contributed by atoms with Crippen molar-refractivity contribution in [2.45, 2.75) is 64.0 Å². The number of hydrogen-bond acceptors (Lipinski definition) is 9. The summed E-state index contributed by atoms with van der Waals surface area (Å²) >= 11 is 6.16. The summed E-state index contributed by atoms with van der Waals surface area (Å²) in [5.41, 5.74) is 0.441. The summed E-state index contributed by atoms with van der Waals surface area (Å²) in [6, 6.07) is 0.331. The van der Waals surface area contributed by atoms with E-state index in [0.717, 1.165) is 12.8 Å². The van der Waals surface area contributed by atoms with Gasteiger partial charge in [-0.2, -0.15) is 15.1 Å². The van der Waals surface area contributed by atoms with E-state index in [1.165, 1.54) is 31.4 Å². The molecule has 0 aromatic carbocycles. The lowest BCUT2D eigenvalue weighted by molar-refractivity contribution is -0.165. The van der Waals surface area contributed by atoms with Crippen LogP contribution in [0.3, 0.4) is 0 Å². The van der Waals surface area contributed by atoms with Crippen LogP contribution in [0.25, 0.3) is 11.0 Å². The molecule has 11 heteroatoms. The van der Waals surface area contributed by atoms with E-state index in [2.05, 4.69) is 20.4 Å². The monoisotopic (exact) mass is 423 g/mol. The van der Waals surface area contributed by atoms with Gasteiger partial charge in [0.2, 0.25) is 5.28 Å². The topological polar surface area (TPSA) is 117 Å². The molecule has 1 saturated heterocycles. The number of anilines is 1. The molecular formula is C18H22ClN5O5. The zero-order valence-electron chi connectivity index (χ0n) is 16.1. The average Bonchev–Trinajstić information content (AvgIpc) is 3.36. The highest BCUT2D eigenvalue weighted by molar-refractivity contribution is 6.28. The summed E-state index contributed by atoms with van der Waals surface area (Å²) < 4.78 is 17.9. The van der Waals surface area contributed by atoms with Gasteiger partial charge in [0.1, 0.15) is 5.82 Å². The maximum absolute atomic E-state index is 11.6. The summed E-state index contributed by atoms with van der Waals surface area (Å²) in [7, 11) is 0. The highest BCUT2D eigenvalue weighted by Gasteiger charge is 2.44. The number of halogens is 1. The van der Waals surface area contributed by atoms with E-state index in [9.17, 15) is 9.59 Å². The number of ether oxygens (including phenoxy) is 3. The van der Waals surface area contributed by atoms with Crippen LogP contribution >= 0.6 is 11.6 Å². The second kappa shape index (κ2) is 8.11. The van der Waals surface area contributed by atoms with E-state index in [0.29, 0.717) is 22.9 Å². The Morgan fingerprint density at radius 2 is 1.93 bits per heavy atom. The fraction of sp³-hybridized carbons (Fsp3) is 0.611. The van der Waals surface area contributed by atoms with Crippen LogP contribution in [0.2, 0.25) is 5.28 Å². The molecule has 0 radical (unpaired) electrons. The molecule has 2 aromatic rings. The third-order valence-electron chi connectivity index (χ3n) is 5.06. The molecule has 1 N–H and O–H groups in total. The second-order valence-electron chi connectivity index (χ2n) is 7.24. The van der Waals surface area contributed by atoms with Crippen LogP contribution in [-0.2, 0) is 23.8 Å². The van der Waals surface area contributed by atoms with Crippen molar-refractivity contribution in [1.29, 1.82) is 0 Å². The van der Waals surface area contributed by atoms with Crippen LogP contribution in [-0.4, -0.2) is 56.5 Å². The molecule has 0 spiro atoms. The molecule has 3 unspecified atom stereocenters. The van der Waals surface area contributed by atoms with Crippen LogP contribution in [0.15, 0.2) is 6.20 Å². The van der Waals surface area contributed by atoms with Crippen molar-refractivity contribution in [3.05, 3.63) is 11.5 Å². The van der Waals surface area contributed by atoms with Gasteiger partial charge in [-0.25, -0.2) is 4.68 Å². The van der Waals surface area contributed by atoms with E-state index in [1.54, 1.807) is 6.20 Å². The first-order valence-corrected chi connectivity index (χ1v) is 9.93. The molecule has 4 rings (SSSR count). The van der Waals surface area contributed by atoms with Crippen LogP contribution in [0.1, 0.15) is 45.8 Å². The van der Waals surface area contributed by atoms with Gasteiger partial charge < -0.3 is 19.5 Å². The van der Waals surface area contributed by atoms with Gasteiger partial charge in [0.05, 0.1) is 18.2 Å². The molecule has 3 atom stereocenters. The van der Waals surface area contributed by atoms with E-state index in [1.807, 2.05) is 0 Å². The van der Waals surface area contributed by atoms with Crippen molar-refractivity contribution in [1.82, 2.24) is 19.7 Å². The van der Waals surface area contributed by atoms with E-state index in [4.69, 9.17) is 25.8 Å². The Hall–Kier alpha value is -2.46. The number of nitrogens with zero attached hydrogens (tertiary/aromatic N) is 4. The zero-order chi connectivity index (χ0) is 20.5. The van der Waals surface area contributed by atoms with Gasteiger partial charge >= 0.3 is 11.9 Å². The van der Waals surface area contributed by atoms with Crippen LogP contribution < -0.4 is 5.32 Å². The minimum Gasteiger partial charge on any atom is -0.456 e. The normalized spacial score (nSPS) is 24.7. The summed E-state index contributed by atoms with van der Waals surface area (Å²) in [6.45, 7) is 2.63. The zero-order valence-corrected chi connectivity index (χ0v) is 16.9. The molecule has 2 aliphatic rings. The minimum absolute atomic E-state index is 0.0650. The van der Waals surface area contributed by atoms with Gasteiger partial charge in [0.15, 0.2) is 24.1 Å². The average molecular weight is 424 g/mol. The SMILES string of the molecule is CC(=O)OC1COC(n2ncc3c(NC4CCCC4)nc(Cl)nc32)C1OC(C)=O. The third kappa shape index (κ3) is 4.13. The summed E-state index contributed by atoms with van der Waals surface area (Å²) in [5, 5.41) is 8.56. The van der Waals surface area contributed by atoms with E-state index < -0.39 is 30.4 Å². The smallest absolute Gasteiger partial charge is 0.303 e. The van der Waals surface area contributed by atoms with Crippen molar-refractivity contribution < 1.29 is 23.8 Å². The number of hydrogen-bond donors (Lipinski definition) is 1. The minimum atomic E-state index is -0.862. The van der Waals surface area contributed by atoms with Crippen LogP contribution in [0, 0.1) is 0 Å². The molecule has 10 nitrogen and oxygen atoms in total. The second-order valence-corrected chi connectivity index (χ2v) is 7.58. The van der Waals surface area contributed by atoms with Gasteiger partial charge in [-0.3, -0.25) is 9.59 Å². The summed E-state index contributed by atoms with van der Waals surface area (Å²) in [4.78, 5) is 31.6. The first-order valence-electron chi connectivity index (χ1n) is 9.55. The van der Waals surface area contributed by atoms with Crippen LogP contribution in [0.5, 0.6) is 0 Å². The maximum Gasteiger partial charge on any atom is 0.303 e. The maximum atomic E-state index is 11.6. The molecule has 0 bridgehead atoms. The van der Waals surface area contributed by atoms with Crippen molar-refractivity contribution in [2.24, 2.45) is 0 Å². The Kier molecular flexibility index (Phi) is 5.55. The highest BCUT2D eigenvalue weighted by atomic mass is 35.5. The Balaban J connectivity index is 1.68. The van der Waals surface area contributed by atoms with E-state index >= 15 is 0 Å². The largest absolute Gasteiger partial charge is 0.456 e. The predicted octanol–water partition coefficient (Wildman–Crippen LogP) is 2.23. The number of carbonyl (C=O) groups excluding carboxylic acids is 2. The Morgan fingerprint density at radius 3 is 2.62 bits per heavy atom. The first-order chi connectivity index (χ1) is 13.9. The molecule has 1 aliphatic heterocycles. The first kappa shape index (κ1) is 19.8. The number of carbonyl (C=O) groups is 2. The quantitative estimate of drug-likeness (QED) is 0.570.